The molecular weight excluding hydrogens is 347 g/mol. The van der Waals surface area contributed by atoms with Crippen LogP contribution in [0.5, 0.6) is 0 Å². The Morgan fingerprint density at radius 2 is 2.28 bits per heavy atom. The van der Waals surface area contributed by atoms with Crippen molar-refractivity contribution in [2.45, 2.75) is 18.9 Å². The average molecular weight is 364 g/mol. The van der Waals surface area contributed by atoms with Crippen LogP contribution in [0.15, 0.2) is 29.6 Å². The van der Waals surface area contributed by atoms with Crippen LogP contribution in [0.2, 0.25) is 0 Å². The molecule has 1 atom stereocenters. The van der Waals surface area contributed by atoms with E-state index in [0.29, 0.717) is 25.3 Å². The highest BCUT2D eigenvalue weighted by Crippen LogP contribution is 2.18. The average Bonchev–Trinajstić information content (AvgIpc) is 3.02. The van der Waals surface area contributed by atoms with E-state index in [2.05, 4.69) is 4.98 Å². The summed E-state index contributed by atoms with van der Waals surface area (Å²) in [4.78, 5) is 29.3. The lowest BCUT2D eigenvalue weighted by Crippen LogP contribution is -2.46. The van der Waals surface area contributed by atoms with E-state index in [-0.39, 0.29) is 24.7 Å². The van der Waals surface area contributed by atoms with Gasteiger partial charge in [-0.05, 0) is 17.7 Å². The SMILES string of the molecule is O=C(O)CC1CN(C(=O)c2csc(Cc3cccc(F)c3)n2)CCO1. The van der Waals surface area contributed by atoms with Gasteiger partial charge in [0.15, 0.2) is 0 Å². The van der Waals surface area contributed by atoms with Gasteiger partial charge < -0.3 is 14.7 Å². The standard InChI is InChI=1S/C17H17FN2O4S/c18-12-3-1-2-11(6-12)7-15-19-14(10-25-15)17(23)20-4-5-24-13(9-20)8-16(21)22/h1-3,6,10,13H,4-5,7-9H2,(H,21,22). The van der Waals surface area contributed by atoms with E-state index in [9.17, 15) is 14.0 Å². The van der Waals surface area contributed by atoms with E-state index in [1.807, 2.05) is 6.07 Å². The maximum atomic E-state index is 13.2. The monoisotopic (exact) mass is 364 g/mol. The first-order valence-corrected chi connectivity index (χ1v) is 8.71. The van der Waals surface area contributed by atoms with Crippen molar-refractivity contribution < 1.29 is 23.8 Å². The van der Waals surface area contributed by atoms with Gasteiger partial charge in [0.1, 0.15) is 11.5 Å². The molecule has 0 aliphatic carbocycles. The highest BCUT2D eigenvalue weighted by atomic mass is 32.1. The fraction of sp³-hybridized carbons (Fsp3) is 0.353. The highest BCUT2D eigenvalue weighted by molar-refractivity contribution is 7.09. The normalized spacial score (nSPS) is 17.5. The van der Waals surface area contributed by atoms with Gasteiger partial charge in [0.2, 0.25) is 0 Å². The first-order valence-electron chi connectivity index (χ1n) is 7.83. The summed E-state index contributed by atoms with van der Waals surface area (Å²) in [6.45, 7) is 0.956. The number of carbonyl (C=O) groups is 2. The van der Waals surface area contributed by atoms with Crippen molar-refractivity contribution in [3.63, 3.8) is 0 Å². The summed E-state index contributed by atoms with van der Waals surface area (Å²) in [5.41, 5.74) is 1.12. The van der Waals surface area contributed by atoms with Gasteiger partial charge in [-0.2, -0.15) is 0 Å². The molecule has 0 saturated carbocycles. The number of aliphatic carboxylic acids is 1. The predicted octanol–water partition coefficient (Wildman–Crippen LogP) is 2.19. The summed E-state index contributed by atoms with van der Waals surface area (Å²) in [6.07, 6.45) is -0.174. The molecule has 2 heterocycles. The van der Waals surface area contributed by atoms with Crippen LogP contribution in [0, 0.1) is 5.82 Å². The Labute approximate surface area is 147 Å². The summed E-state index contributed by atoms with van der Waals surface area (Å²) in [7, 11) is 0. The Morgan fingerprint density at radius 1 is 1.44 bits per heavy atom. The molecule has 1 aliphatic heterocycles. The molecule has 1 fully saturated rings. The van der Waals surface area contributed by atoms with Crippen molar-refractivity contribution in [2.24, 2.45) is 0 Å². The minimum atomic E-state index is -0.953. The molecule has 6 nitrogen and oxygen atoms in total. The van der Waals surface area contributed by atoms with Gasteiger partial charge >= 0.3 is 5.97 Å². The number of halogens is 1. The lowest BCUT2D eigenvalue weighted by Gasteiger charge is -2.31. The molecule has 132 valence electrons. The van der Waals surface area contributed by atoms with Gasteiger partial charge in [-0.3, -0.25) is 9.59 Å². The van der Waals surface area contributed by atoms with Crippen LogP contribution < -0.4 is 0 Å². The predicted molar refractivity (Wildman–Crippen MR) is 89.2 cm³/mol. The van der Waals surface area contributed by atoms with Crippen LogP contribution in [-0.4, -0.2) is 52.7 Å². The third kappa shape index (κ3) is 4.61. The van der Waals surface area contributed by atoms with E-state index >= 15 is 0 Å². The van der Waals surface area contributed by atoms with Crippen LogP contribution in [0.3, 0.4) is 0 Å². The number of carboxylic acids is 1. The second-order valence-electron chi connectivity index (χ2n) is 5.78. The van der Waals surface area contributed by atoms with Gasteiger partial charge in [0.25, 0.3) is 5.91 Å². The van der Waals surface area contributed by atoms with Crippen molar-refractivity contribution in [1.82, 2.24) is 9.88 Å². The van der Waals surface area contributed by atoms with E-state index in [1.165, 1.54) is 23.5 Å². The number of hydrogen-bond donors (Lipinski definition) is 1. The molecule has 0 radical (unpaired) electrons. The molecule has 3 rings (SSSR count). The van der Waals surface area contributed by atoms with Gasteiger partial charge in [0.05, 0.1) is 24.1 Å². The van der Waals surface area contributed by atoms with E-state index < -0.39 is 12.1 Å². The van der Waals surface area contributed by atoms with E-state index in [4.69, 9.17) is 9.84 Å². The second kappa shape index (κ2) is 7.71. The van der Waals surface area contributed by atoms with Crippen LogP contribution in [0.1, 0.15) is 27.5 Å². The van der Waals surface area contributed by atoms with Gasteiger partial charge in [-0.15, -0.1) is 11.3 Å². The molecule has 1 aliphatic rings. The minimum Gasteiger partial charge on any atom is -0.481 e. The number of aromatic nitrogens is 1. The maximum Gasteiger partial charge on any atom is 0.306 e. The molecular formula is C17H17FN2O4S. The summed E-state index contributed by atoms with van der Waals surface area (Å²) in [5.74, 6) is -1.49. The summed E-state index contributed by atoms with van der Waals surface area (Å²) in [6, 6.07) is 6.28. The van der Waals surface area contributed by atoms with Crippen molar-refractivity contribution in [1.29, 1.82) is 0 Å². The molecule has 8 heteroatoms. The minimum absolute atomic E-state index is 0.133. The Morgan fingerprint density at radius 3 is 3.04 bits per heavy atom. The van der Waals surface area contributed by atoms with Crippen molar-refractivity contribution in [3.05, 3.63) is 51.7 Å². The van der Waals surface area contributed by atoms with Gasteiger partial charge in [-0.25, -0.2) is 9.37 Å². The van der Waals surface area contributed by atoms with E-state index in [0.717, 1.165) is 10.6 Å². The van der Waals surface area contributed by atoms with Crippen LogP contribution >= 0.6 is 11.3 Å². The topological polar surface area (TPSA) is 79.7 Å². The highest BCUT2D eigenvalue weighted by Gasteiger charge is 2.27. The molecule has 1 aromatic heterocycles. The van der Waals surface area contributed by atoms with Crippen molar-refractivity contribution in [3.8, 4) is 0 Å². The number of thiazole rings is 1. The lowest BCUT2D eigenvalue weighted by atomic mass is 10.1. The quantitative estimate of drug-likeness (QED) is 0.880. The lowest BCUT2D eigenvalue weighted by molar-refractivity contribution is -0.141. The Hall–Kier alpha value is -2.32. The largest absolute Gasteiger partial charge is 0.481 e. The molecule has 25 heavy (non-hydrogen) atoms. The van der Waals surface area contributed by atoms with Crippen molar-refractivity contribution >= 4 is 23.2 Å². The number of benzene rings is 1. The third-order valence-electron chi connectivity index (χ3n) is 3.84. The number of morpholine rings is 1. The molecule has 1 aromatic carbocycles. The van der Waals surface area contributed by atoms with E-state index in [1.54, 1.807) is 16.3 Å². The zero-order valence-electron chi connectivity index (χ0n) is 13.4. The number of ether oxygens (including phenoxy) is 1. The fourth-order valence-electron chi connectivity index (χ4n) is 2.70. The third-order valence-corrected chi connectivity index (χ3v) is 4.69. The number of carboxylic acid groups (broad SMARTS) is 1. The van der Waals surface area contributed by atoms with Crippen molar-refractivity contribution in [2.75, 3.05) is 19.7 Å². The fourth-order valence-corrected chi connectivity index (χ4v) is 3.50. The van der Waals surface area contributed by atoms with Crippen LogP contribution in [0.4, 0.5) is 4.39 Å². The van der Waals surface area contributed by atoms with Crippen LogP contribution in [0.25, 0.3) is 0 Å². The van der Waals surface area contributed by atoms with Gasteiger partial charge in [-0.1, -0.05) is 12.1 Å². The number of hydrogen-bond acceptors (Lipinski definition) is 5. The number of nitrogens with zero attached hydrogens (tertiary/aromatic N) is 2. The Balaban J connectivity index is 1.65. The Bertz CT molecular complexity index is 780. The maximum absolute atomic E-state index is 13.2. The zero-order valence-corrected chi connectivity index (χ0v) is 14.2. The summed E-state index contributed by atoms with van der Waals surface area (Å²) in [5, 5.41) is 11.3. The molecule has 1 saturated heterocycles. The second-order valence-corrected chi connectivity index (χ2v) is 6.72. The molecule has 0 bridgehead atoms. The molecule has 0 spiro atoms. The molecule has 1 N–H and O–H groups in total. The zero-order chi connectivity index (χ0) is 17.8. The first-order chi connectivity index (χ1) is 12.0. The smallest absolute Gasteiger partial charge is 0.306 e. The number of carbonyl (C=O) groups excluding carboxylic acids is 1. The Kier molecular flexibility index (Phi) is 5.40. The number of rotatable bonds is 5. The number of amides is 1. The first kappa shape index (κ1) is 17.5. The molecule has 2 aromatic rings. The van der Waals surface area contributed by atoms with Gasteiger partial charge in [0, 0.05) is 24.9 Å². The van der Waals surface area contributed by atoms with Crippen LogP contribution in [-0.2, 0) is 16.0 Å². The summed E-state index contributed by atoms with van der Waals surface area (Å²) < 4.78 is 18.6. The molecule has 1 unspecified atom stereocenters. The molecule has 1 amide bonds. The summed E-state index contributed by atoms with van der Waals surface area (Å²) >= 11 is 1.35.